The average molecular weight is 268 g/mol. The molecule has 0 atom stereocenters. The van der Waals surface area contributed by atoms with Gasteiger partial charge in [0.05, 0.1) is 5.69 Å². The Hall–Kier alpha value is -2.28. The van der Waals surface area contributed by atoms with Gasteiger partial charge in [-0.3, -0.25) is 4.68 Å². The fourth-order valence-electron chi connectivity index (χ4n) is 2.37. The van der Waals surface area contributed by atoms with Gasteiger partial charge in [0.1, 0.15) is 17.5 Å². The lowest BCUT2D eigenvalue weighted by Crippen LogP contribution is -2.22. The van der Waals surface area contributed by atoms with Crippen molar-refractivity contribution in [3.05, 3.63) is 41.6 Å². The number of benzene rings is 1. The molecule has 0 amide bonds. The SMILES string of the molecule is CCCCN(c1ccccc1)c1c(C#N)c(C)nn1C. The molecule has 0 fully saturated rings. The summed E-state index contributed by atoms with van der Waals surface area (Å²) < 4.78 is 1.80. The highest BCUT2D eigenvalue weighted by molar-refractivity contribution is 5.67. The minimum Gasteiger partial charge on any atom is -0.325 e. The smallest absolute Gasteiger partial charge is 0.149 e. The van der Waals surface area contributed by atoms with Crippen LogP contribution in [-0.4, -0.2) is 16.3 Å². The number of hydrogen-bond acceptors (Lipinski definition) is 3. The Labute approximate surface area is 120 Å². The van der Waals surface area contributed by atoms with Crippen LogP contribution in [0.5, 0.6) is 0 Å². The molecule has 0 aliphatic carbocycles. The van der Waals surface area contributed by atoms with Gasteiger partial charge < -0.3 is 4.90 Å². The van der Waals surface area contributed by atoms with Crippen molar-refractivity contribution < 1.29 is 0 Å². The van der Waals surface area contributed by atoms with Gasteiger partial charge in [0.25, 0.3) is 0 Å². The van der Waals surface area contributed by atoms with Crippen LogP contribution in [0.4, 0.5) is 11.5 Å². The van der Waals surface area contributed by atoms with Crippen LogP contribution in [0.3, 0.4) is 0 Å². The summed E-state index contributed by atoms with van der Waals surface area (Å²) in [6.07, 6.45) is 2.19. The number of aromatic nitrogens is 2. The molecule has 0 saturated carbocycles. The van der Waals surface area contributed by atoms with E-state index in [9.17, 15) is 5.26 Å². The van der Waals surface area contributed by atoms with Crippen molar-refractivity contribution in [2.24, 2.45) is 7.05 Å². The second-order valence-corrected chi connectivity index (χ2v) is 4.86. The highest BCUT2D eigenvalue weighted by Gasteiger charge is 2.20. The molecule has 20 heavy (non-hydrogen) atoms. The van der Waals surface area contributed by atoms with Crippen molar-refractivity contribution in [3.8, 4) is 6.07 Å². The number of rotatable bonds is 5. The molecule has 4 nitrogen and oxygen atoms in total. The summed E-state index contributed by atoms with van der Waals surface area (Å²) in [4.78, 5) is 2.18. The maximum absolute atomic E-state index is 9.40. The van der Waals surface area contributed by atoms with E-state index in [1.165, 1.54) is 0 Å². The summed E-state index contributed by atoms with van der Waals surface area (Å²) in [5.74, 6) is 0.879. The van der Waals surface area contributed by atoms with E-state index in [1.807, 2.05) is 32.2 Å². The zero-order valence-electron chi connectivity index (χ0n) is 12.3. The van der Waals surface area contributed by atoms with E-state index in [1.54, 1.807) is 4.68 Å². The molecule has 104 valence electrons. The normalized spacial score (nSPS) is 10.3. The second kappa shape index (κ2) is 6.25. The quantitative estimate of drug-likeness (QED) is 0.833. The first kappa shape index (κ1) is 14.1. The summed E-state index contributed by atoms with van der Waals surface area (Å²) in [6, 6.07) is 12.5. The maximum atomic E-state index is 9.40. The van der Waals surface area contributed by atoms with Gasteiger partial charge >= 0.3 is 0 Å². The van der Waals surface area contributed by atoms with Crippen LogP contribution in [0, 0.1) is 18.3 Å². The Kier molecular flexibility index (Phi) is 4.41. The fourth-order valence-corrected chi connectivity index (χ4v) is 2.37. The minimum absolute atomic E-state index is 0.660. The van der Waals surface area contributed by atoms with E-state index in [4.69, 9.17) is 0 Å². The van der Waals surface area contributed by atoms with E-state index in [2.05, 4.69) is 35.1 Å². The third-order valence-electron chi connectivity index (χ3n) is 3.36. The first-order valence-electron chi connectivity index (χ1n) is 6.95. The van der Waals surface area contributed by atoms with E-state index in [0.717, 1.165) is 36.6 Å². The first-order chi connectivity index (χ1) is 9.69. The average Bonchev–Trinajstić information content (AvgIpc) is 2.75. The zero-order valence-corrected chi connectivity index (χ0v) is 12.3. The molecule has 0 spiro atoms. The van der Waals surface area contributed by atoms with E-state index in [0.29, 0.717) is 5.56 Å². The Morgan fingerprint density at radius 1 is 1.30 bits per heavy atom. The molecule has 1 heterocycles. The van der Waals surface area contributed by atoms with Crippen LogP contribution in [0.25, 0.3) is 0 Å². The number of nitriles is 1. The van der Waals surface area contributed by atoms with Crippen molar-refractivity contribution in [2.75, 3.05) is 11.4 Å². The number of anilines is 2. The van der Waals surface area contributed by atoms with Gasteiger partial charge in [-0.15, -0.1) is 0 Å². The standard InChI is InChI=1S/C16H20N4/c1-4-5-11-20(14-9-7-6-8-10-14)16-15(12-17)13(2)18-19(16)3/h6-10H,4-5,11H2,1-3H3. The number of aryl methyl sites for hydroxylation is 2. The molecule has 0 unspecified atom stereocenters. The summed E-state index contributed by atoms with van der Waals surface area (Å²) in [5.41, 5.74) is 2.54. The Morgan fingerprint density at radius 2 is 2.00 bits per heavy atom. The number of unbranched alkanes of at least 4 members (excludes halogenated alkanes) is 1. The lowest BCUT2D eigenvalue weighted by molar-refractivity contribution is 0.716. The van der Waals surface area contributed by atoms with Crippen LogP contribution in [0.2, 0.25) is 0 Å². The van der Waals surface area contributed by atoms with Gasteiger partial charge in [0.15, 0.2) is 0 Å². The second-order valence-electron chi connectivity index (χ2n) is 4.86. The van der Waals surface area contributed by atoms with Crippen LogP contribution >= 0.6 is 0 Å². The topological polar surface area (TPSA) is 44.9 Å². The molecule has 2 aromatic rings. The zero-order chi connectivity index (χ0) is 14.5. The molecule has 0 radical (unpaired) electrons. The van der Waals surface area contributed by atoms with Crippen LogP contribution in [-0.2, 0) is 7.05 Å². The summed E-state index contributed by atoms with van der Waals surface area (Å²) >= 11 is 0. The lowest BCUT2D eigenvalue weighted by Gasteiger charge is -2.25. The predicted octanol–water partition coefficient (Wildman–Crippen LogP) is 3.54. The Bertz CT molecular complexity index is 607. The highest BCUT2D eigenvalue weighted by Crippen LogP contribution is 2.29. The van der Waals surface area contributed by atoms with Crippen molar-refractivity contribution in [2.45, 2.75) is 26.7 Å². The van der Waals surface area contributed by atoms with Gasteiger partial charge in [0.2, 0.25) is 0 Å². The molecular formula is C16H20N4. The van der Waals surface area contributed by atoms with Gasteiger partial charge in [-0.2, -0.15) is 10.4 Å². The Morgan fingerprint density at radius 3 is 2.60 bits per heavy atom. The van der Waals surface area contributed by atoms with E-state index in [-0.39, 0.29) is 0 Å². The van der Waals surface area contributed by atoms with Gasteiger partial charge in [-0.05, 0) is 25.5 Å². The van der Waals surface area contributed by atoms with Crippen LogP contribution in [0.1, 0.15) is 31.0 Å². The first-order valence-corrected chi connectivity index (χ1v) is 6.95. The van der Waals surface area contributed by atoms with Gasteiger partial charge in [-0.25, -0.2) is 0 Å². The molecule has 4 heteroatoms. The maximum Gasteiger partial charge on any atom is 0.149 e. The number of para-hydroxylation sites is 1. The lowest BCUT2D eigenvalue weighted by atomic mass is 10.2. The van der Waals surface area contributed by atoms with Crippen LogP contribution < -0.4 is 4.90 Å². The molecule has 1 aromatic carbocycles. The summed E-state index contributed by atoms with van der Waals surface area (Å²) in [6.45, 7) is 4.93. The fraction of sp³-hybridized carbons (Fsp3) is 0.375. The van der Waals surface area contributed by atoms with E-state index < -0.39 is 0 Å². The molecule has 0 bridgehead atoms. The summed E-state index contributed by atoms with van der Waals surface area (Å²) in [7, 11) is 1.89. The molecule has 1 aromatic heterocycles. The van der Waals surface area contributed by atoms with Gasteiger partial charge in [0, 0.05) is 19.3 Å². The number of hydrogen-bond donors (Lipinski definition) is 0. The van der Waals surface area contributed by atoms with Crippen molar-refractivity contribution in [1.82, 2.24) is 9.78 Å². The van der Waals surface area contributed by atoms with Crippen molar-refractivity contribution >= 4 is 11.5 Å². The monoisotopic (exact) mass is 268 g/mol. The molecule has 0 aliphatic rings. The van der Waals surface area contributed by atoms with Gasteiger partial charge in [-0.1, -0.05) is 31.5 Å². The molecule has 0 saturated heterocycles. The third-order valence-corrected chi connectivity index (χ3v) is 3.36. The molecule has 0 aliphatic heterocycles. The Balaban J connectivity index is 2.50. The van der Waals surface area contributed by atoms with Crippen LogP contribution in [0.15, 0.2) is 30.3 Å². The van der Waals surface area contributed by atoms with Crippen molar-refractivity contribution in [1.29, 1.82) is 5.26 Å². The largest absolute Gasteiger partial charge is 0.325 e. The van der Waals surface area contributed by atoms with E-state index >= 15 is 0 Å². The minimum atomic E-state index is 0.660. The summed E-state index contributed by atoms with van der Waals surface area (Å²) in [5, 5.41) is 13.8. The molecule has 0 N–H and O–H groups in total. The molecule has 2 rings (SSSR count). The number of nitrogens with zero attached hydrogens (tertiary/aromatic N) is 4. The van der Waals surface area contributed by atoms with Crippen molar-refractivity contribution in [3.63, 3.8) is 0 Å². The highest BCUT2D eigenvalue weighted by atomic mass is 15.4. The predicted molar refractivity (Wildman–Crippen MR) is 81.0 cm³/mol. The molecular weight excluding hydrogens is 248 g/mol. The third kappa shape index (κ3) is 2.67.